The van der Waals surface area contributed by atoms with Gasteiger partial charge in [0.2, 0.25) is 5.75 Å². The SMILES string of the molecule is COc1cc(C=CC(=O)N(Cc2cnc3ccccn23)c2ccccc2)cc(OC)c1OC. The molecule has 0 radical (unpaired) electrons. The molecule has 2 aromatic carbocycles. The number of hydrogen-bond donors (Lipinski definition) is 0. The molecule has 4 rings (SSSR count). The molecule has 0 atom stereocenters. The van der Waals surface area contributed by atoms with Crippen LogP contribution >= 0.6 is 0 Å². The van der Waals surface area contributed by atoms with Crippen LogP contribution in [0.1, 0.15) is 11.3 Å². The number of methoxy groups -OCH3 is 3. The second-order valence-corrected chi connectivity index (χ2v) is 7.23. The summed E-state index contributed by atoms with van der Waals surface area (Å²) in [5.74, 6) is 1.38. The zero-order valence-electron chi connectivity index (χ0n) is 18.8. The average Bonchev–Trinajstić information content (AvgIpc) is 3.28. The molecule has 0 bridgehead atoms. The number of amides is 1. The van der Waals surface area contributed by atoms with Crippen LogP contribution in [0.15, 0.2) is 79.1 Å². The quantitative estimate of drug-likeness (QED) is 0.372. The monoisotopic (exact) mass is 443 g/mol. The molecule has 0 aliphatic carbocycles. The summed E-state index contributed by atoms with van der Waals surface area (Å²) in [4.78, 5) is 19.5. The Balaban J connectivity index is 1.65. The molecule has 0 aliphatic heterocycles. The number of hydrogen-bond acceptors (Lipinski definition) is 5. The fourth-order valence-corrected chi connectivity index (χ4v) is 3.62. The van der Waals surface area contributed by atoms with Gasteiger partial charge in [0.05, 0.1) is 39.8 Å². The third-order valence-corrected chi connectivity index (χ3v) is 5.25. The highest BCUT2D eigenvalue weighted by atomic mass is 16.5. The molecule has 0 fully saturated rings. The number of anilines is 1. The number of benzene rings is 2. The highest BCUT2D eigenvalue weighted by molar-refractivity contribution is 6.03. The van der Waals surface area contributed by atoms with Crippen LogP contribution in [0.25, 0.3) is 11.7 Å². The van der Waals surface area contributed by atoms with E-state index in [0.717, 1.165) is 22.6 Å². The zero-order valence-corrected chi connectivity index (χ0v) is 18.8. The van der Waals surface area contributed by atoms with E-state index in [9.17, 15) is 4.79 Å². The number of nitrogens with zero attached hydrogens (tertiary/aromatic N) is 3. The number of fused-ring (bicyclic) bond motifs is 1. The van der Waals surface area contributed by atoms with Crippen molar-refractivity contribution in [3.8, 4) is 17.2 Å². The van der Waals surface area contributed by atoms with Crippen LogP contribution in [-0.4, -0.2) is 36.6 Å². The van der Waals surface area contributed by atoms with E-state index in [4.69, 9.17) is 14.2 Å². The van der Waals surface area contributed by atoms with Crippen molar-refractivity contribution in [3.63, 3.8) is 0 Å². The number of para-hydroxylation sites is 1. The average molecular weight is 444 g/mol. The Kier molecular flexibility index (Phi) is 6.59. The maximum Gasteiger partial charge on any atom is 0.251 e. The third-order valence-electron chi connectivity index (χ3n) is 5.25. The van der Waals surface area contributed by atoms with E-state index in [1.54, 1.807) is 50.6 Å². The maximum atomic E-state index is 13.3. The molecule has 2 aromatic heterocycles. The summed E-state index contributed by atoms with van der Waals surface area (Å²) in [5.41, 5.74) is 3.29. The second kappa shape index (κ2) is 9.91. The van der Waals surface area contributed by atoms with Gasteiger partial charge >= 0.3 is 0 Å². The highest BCUT2D eigenvalue weighted by Crippen LogP contribution is 2.38. The normalized spacial score (nSPS) is 11.0. The van der Waals surface area contributed by atoms with Crippen LogP contribution in [0, 0.1) is 0 Å². The molecule has 0 aliphatic rings. The molecule has 4 aromatic rings. The van der Waals surface area contributed by atoms with Crippen molar-refractivity contribution in [1.29, 1.82) is 0 Å². The lowest BCUT2D eigenvalue weighted by atomic mass is 10.1. The Bertz CT molecular complexity index is 1260. The Morgan fingerprint density at radius 3 is 2.33 bits per heavy atom. The predicted molar refractivity (Wildman–Crippen MR) is 128 cm³/mol. The zero-order chi connectivity index (χ0) is 23.2. The van der Waals surface area contributed by atoms with E-state index in [0.29, 0.717) is 23.8 Å². The van der Waals surface area contributed by atoms with Crippen molar-refractivity contribution in [2.24, 2.45) is 0 Å². The Labute approximate surface area is 192 Å². The molecular formula is C26H25N3O4. The summed E-state index contributed by atoms with van der Waals surface area (Å²) in [7, 11) is 4.67. The van der Waals surface area contributed by atoms with E-state index in [1.165, 1.54) is 6.08 Å². The topological polar surface area (TPSA) is 65.3 Å². The molecule has 7 heteroatoms. The van der Waals surface area contributed by atoms with Crippen LogP contribution in [0.3, 0.4) is 0 Å². The first kappa shape index (κ1) is 22.0. The minimum atomic E-state index is -0.166. The Morgan fingerprint density at radius 1 is 0.970 bits per heavy atom. The van der Waals surface area contributed by atoms with Gasteiger partial charge in [-0.2, -0.15) is 0 Å². The molecule has 0 saturated heterocycles. The minimum absolute atomic E-state index is 0.166. The van der Waals surface area contributed by atoms with Gasteiger partial charge in [0.25, 0.3) is 5.91 Å². The molecule has 2 heterocycles. The summed E-state index contributed by atoms with van der Waals surface area (Å²) in [6, 6.07) is 19.0. The molecule has 7 nitrogen and oxygen atoms in total. The van der Waals surface area contributed by atoms with Crippen LogP contribution in [0.2, 0.25) is 0 Å². The van der Waals surface area contributed by atoms with Crippen LogP contribution in [0.4, 0.5) is 5.69 Å². The first-order valence-corrected chi connectivity index (χ1v) is 10.4. The number of pyridine rings is 1. The van der Waals surface area contributed by atoms with Gasteiger partial charge in [-0.25, -0.2) is 4.98 Å². The van der Waals surface area contributed by atoms with Crippen molar-refractivity contribution in [3.05, 3.63) is 90.4 Å². The van der Waals surface area contributed by atoms with Crippen molar-refractivity contribution in [1.82, 2.24) is 9.38 Å². The van der Waals surface area contributed by atoms with Crippen LogP contribution < -0.4 is 19.1 Å². The summed E-state index contributed by atoms with van der Waals surface area (Å²) >= 11 is 0. The van der Waals surface area contributed by atoms with Gasteiger partial charge in [-0.1, -0.05) is 24.3 Å². The molecule has 0 unspecified atom stereocenters. The van der Waals surface area contributed by atoms with Gasteiger partial charge in [-0.05, 0) is 48.0 Å². The number of aromatic nitrogens is 2. The van der Waals surface area contributed by atoms with Crippen molar-refractivity contribution in [2.45, 2.75) is 6.54 Å². The second-order valence-electron chi connectivity index (χ2n) is 7.23. The van der Waals surface area contributed by atoms with Crippen LogP contribution in [0.5, 0.6) is 17.2 Å². The van der Waals surface area contributed by atoms with Gasteiger partial charge in [-0.15, -0.1) is 0 Å². The highest BCUT2D eigenvalue weighted by Gasteiger charge is 2.17. The molecule has 33 heavy (non-hydrogen) atoms. The van der Waals surface area contributed by atoms with Crippen molar-refractivity contribution < 1.29 is 19.0 Å². The lowest BCUT2D eigenvalue weighted by Crippen LogP contribution is -2.29. The molecule has 0 saturated carbocycles. The Hall–Kier alpha value is -4.26. The molecular weight excluding hydrogens is 418 g/mol. The lowest BCUT2D eigenvalue weighted by molar-refractivity contribution is -0.114. The molecule has 0 N–H and O–H groups in total. The summed E-state index contributed by atoms with van der Waals surface area (Å²) in [6.45, 7) is 0.369. The van der Waals surface area contributed by atoms with E-state index < -0.39 is 0 Å². The smallest absolute Gasteiger partial charge is 0.251 e. The fourth-order valence-electron chi connectivity index (χ4n) is 3.62. The largest absolute Gasteiger partial charge is 0.493 e. The Morgan fingerprint density at radius 2 is 1.67 bits per heavy atom. The van der Waals surface area contributed by atoms with Gasteiger partial charge in [0.15, 0.2) is 11.5 Å². The number of imidazole rings is 1. The number of ether oxygens (including phenoxy) is 3. The van der Waals surface area contributed by atoms with Crippen molar-refractivity contribution >= 4 is 23.3 Å². The number of carbonyl (C=O) groups excluding carboxylic acids is 1. The van der Waals surface area contributed by atoms with Gasteiger partial charge in [0, 0.05) is 18.0 Å². The summed E-state index contributed by atoms with van der Waals surface area (Å²) in [5, 5.41) is 0. The first-order chi connectivity index (χ1) is 16.1. The predicted octanol–water partition coefficient (Wildman–Crippen LogP) is 4.61. The van der Waals surface area contributed by atoms with Crippen LogP contribution in [-0.2, 0) is 11.3 Å². The standard InChI is InChI=1S/C26H25N3O4/c1-31-22-15-19(16-23(32-2)26(22)33-3)12-13-25(30)29(20-9-5-4-6-10-20)18-21-17-27-24-11-7-8-14-28(21)24/h4-17H,18H2,1-3H3. The number of rotatable bonds is 8. The lowest BCUT2D eigenvalue weighted by Gasteiger charge is -2.21. The molecule has 168 valence electrons. The molecule has 0 spiro atoms. The van der Waals surface area contributed by atoms with E-state index in [2.05, 4.69) is 4.98 Å². The van der Waals surface area contributed by atoms with Gasteiger partial charge in [0.1, 0.15) is 5.65 Å². The van der Waals surface area contributed by atoms with Gasteiger partial charge in [-0.3, -0.25) is 4.79 Å². The number of carbonyl (C=O) groups is 1. The van der Waals surface area contributed by atoms with Gasteiger partial charge < -0.3 is 23.5 Å². The third kappa shape index (κ3) is 4.67. The van der Waals surface area contributed by atoms with Crippen molar-refractivity contribution in [2.75, 3.05) is 26.2 Å². The van der Waals surface area contributed by atoms with E-state index >= 15 is 0 Å². The fraction of sp³-hybridized carbons (Fsp3) is 0.154. The van der Waals surface area contributed by atoms with E-state index in [1.807, 2.05) is 59.1 Å². The summed E-state index contributed by atoms with van der Waals surface area (Å²) in [6.07, 6.45) is 7.01. The van der Waals surface area contributed by atoms with E-state index in [-0.39, 0.29) is 5.91 Å². The summed E-state index contributed by atoms with van der Waals surface area (Å²) < 4.78 is 18.2. The molecule has 1 amide bonds. The minimum Gasteiger partial charge on any atom is -0.493 e. The first-order valence-electron chi connectivity index (χ1n) is 10.4. The maximum absolute atomic E-state index is 13.3.